The number of esters is 1. The number of rotatable bonds is 5. The summed E-state index contributed by atoms with van der Waals surface area (Å²) in [6.45, 7) is 2.10. The predicted molar refractivity (Wildman–Crippen MR) is 136 cm³/mol. The summed E-state index contributed by atoms with van der Waals surface area (Å²) >= 11 is 7.72. The van der Waals surface area contributed by atoms with Gasteiger partial charge in [-0.25, -0.2) is 4.79 Å². The Kier molecular flexibility index (Phi) is 7.17. The number of amides is 2. The number of ether oxygens (including phenoxy) is 1. The molecule has 0 aliphatic carbocycles. The average molecular weight is 587 g/mol. The van der Waals surface area contributed by atoms with Crippen molar-refractivity contribution >= 4 is 66.8 Å². The number of hydrogen-bond acceptors (Lipinski definition) is 5. The van der Waals surface area contributed by atoms with Gasteiger partial charge in [0.05, 0.1) is 17.0 Å². The third-order valence-corrected chi connectivity index (χ3v) is 7.08. The van der Waals surface area contributed by atoms with E-state index in [1.807, 2.05) is 43.3 Å². The van der Waals surface area contributed by atoms with Gasteiger partial charge in [0, 0.05) is 14.5 Å². The Hall–Kier alpha value is -2.68. The molecular weight excluding hydrogens is 570 g/mol. The van der Waals surface area contributed by atoms with Gasteiger partial charge in [-0.3, -0.25) is 14.5 Å². The summed E-state index contributed by atoms with van der Waals surface area (Å²) in [6, 6.07) is 19.6. The van der Waals surface area contributed by atoms with Crippen LogP contribution in [0.1, 0.15) is 27.0 Å². The zero-order chi connectivity index (χ0) is 23.5. The molecule has 1 aliphatic heterocycles. The van der Waals surface area contributed by atoms with Crippen molar-refractivity contribution in [3.63, 3.8) is 0 Å². The molecular formula is C25H17Br2NO4S. The molecule has 33 heavy (non-hydrogen) atoms. The largest absolute Gasteiger partial charge is 0.422 e. The molecule has 0 bridgehead atoms. The van der Waals surface area contributed by atoms with E-state index in [0.717, 1.165) is 31.8 Å². The Morgan fingerprint density at radius 2 is 1.76 bits per heavy atom. The number of carbonyl (C=O) groups excluding carboxylic acids is 3. The predicted octanol–water partition coefficient (Wildman–Crippen LogP) is 6.98. The molecule has 1 saturated heterocycles. The highest BCUT2D eigenvalue weighted by molar-refractivity contribution is 9.10. The van der Waals surface area contributed by atoms with Crippen LogP contribution in [0.2, 0.25) is 0 Å². The van der Waals surface area contributed by atoms with Crippen LogP contribution in [0.5, 0.6) is 5.75 Å². The first-order valence-electron chi connectivity index (χ1n) is 9.89. The number of halogens is 2. The van der Waals surface area contributed by atoms with Crippen LogP contribution in [0, 0.1) is 6.92 Å². The minimum atomic E-state index is -0.506. The van der Waals surface area contributed by atoms with Gasteiger partial charge in [-0.2, -0.15) is 0 Å². The Balaban J connectivity index is 1.59. The van der Waals surface area contributed by atoms with Crippen LogP contribution < -0.4 is 4.74 Å². The molecule has 1 aliphatic rings. The first-order valence-corrected chi connectivity index (χ1v) is 12.3. The van der Waals surface area contributed by atoms with Crippen molar-refractivity contribution in [2.75, 3.05) is 0 Å². The van der Waals surface area contributed by atoms with E-state index in [2.05, 4.69) is 31.9 Å². The smallest absolute Gasteiger partial charge is 0.343 e. The van der Waals surface area contributed by atoms with Gasteiger partial charge in [0.2, 0.25) is 0 Å². The van der Waals surface area contributed by atoms with Crippen LogP contribution in [-0.4, -0.2) is 22.0 Å². The van der Waals surface area contributed by atoms with Gasteiger partial charge in [0.15, 0.2) is 0 Å². The second-order valence-corrected chi connectivity index (χ2v) is 10.1. The van der Waals surface area contributed by atoms with Crippen LogP contribution >= 0.6 is 43.6 Å². The molecule has 0 N–H and O–H groups in total. The molecule has 0 unspecified atom stereocenters. The fraction of sp³-hybridized carbons (Fsp3) is 0.0800. The molecule has 0 aromatic heterocycles. The fourth-order valence-corrected chi connectivity index (χ4v) is 4.77. The Labute approximate surface area is 212 Å². The maximum atomic E-state index is 13.0. The molecule has 0 atom stereocenters. The molecule has 1 heterocycles. The topological polar surface area (TPSA) is 63.7 Å². The van der Waals surface area contributed by atoms with Gasteiger partial charge in [-0.15, -0.1) is 0 Å². The van der Waals surface area contributed by atoms with Gasteiger partial charge in [0.1, 0.15) is 5.75 Å². The van der Waals surface area contributed by atoms with Crippen LogP contribution in [-0.2, 0) is 11.3 Å². The number of aryl methyl sites for hydroxylation is 1. The number of carbonyl (C=O) groups is 3. The van der Waals surface area contributed by atoms with Crippen molar-refractivity contribution in [3.05, 3.63) is 103 Å². The maximum Gasteiger partial charge on any atom is 0.343 e. The lowest BCUT2D eigenvalue weighted by Crippen LogP contribution is -2.27. The van der Waals surface area contributed by atoms with Crippen molar-refractivity contribution in [2.45, 2.75) is 13.5 Å². The summed E-state index contributed by atoms with van der Waals surface area (Å²) in [4.78, 5) is 39.6. The van der Waals surface area contributed by atoms with E-state index in [4.69, 9.17) is 4.74 Å². The third kappa shape index (κ3) is 5.46. The van der Waals surface area contributed by atoms with E-state index < -0.39 is 11.9 Å². The van der Waals surface area contributed by atoms with Gasteiger partial charge < -0.3 is 4.74 Å². The minimum Gasteiger partial charge on any atom is -0.422 e. The molecule has 3 aromatic carbocycles. The Morgan fingerprint density at radius 3 is 2.48 bits per heavy atom. The fourth-order valence-electron chi connectivity index (χ4n) is 3.15. The highest BCUT2D eigenvalue weighted by Gasteiger charge is 2.35. The molecule has 1 fully saturated rings. The van der Waals surface area contributed by atoms with Crippen LogP contribution in [0.25, 0.3) is 6.08 Å². The Bertz CT molecular complexity index is 1290. The van der Waals surface area contributed by atoms with Gasteiger partial charge >= 0.3 is 5.97 Å². The molecule has 166 valence electrons. The van der Waals surface area contributed by atoms with Crippen molar-refractivity contribution in [3.8, 4) is 5.75 Å². The monoisotopic (exact) mass is 585 g/mol. The molecule has 5 nitrogen and oxygen atoms in total. The van der Waals surface area contributed by atoms with Crippen LogP contribution in [0.4, 0.5) is 4.79 Å². The quantitative estimate of drug-likeness (QED) is 0.183. The number of thioether (sulfide) groups is 1. The summed E-state index contributed by atoms with van der Waals surface area (Å²) in [5.41, 5.74) is 2.80. The lowest BCUT2D eigenvalue weighted by molar-refractivity contribution is -0.123. The number of nitrogens with zero attached hydrogens (tertiary/aromatic N) is 1. The van der Waals surface area contributed by atoms with E-state index in [9.17, 15) is 14.4 Å². The summed E-state index contributed by atoms with van der Waals surface area (Å²) in [5, 5.41) is -0.352. The SMILES string of the molecule is Cc1ccc(C(=O)Oc2ccc(Br)cc2/C=C2\SC(=O)N(Cc3ccccc3Br)C2=O)cc1. The molecule has 0 radical (unpaired) electrons. The molecule has 0 saturated carbocycles. The molecule has 8 heteroatoms. The summed E-state index contributed by atoms with van der Waals surface area (Å²) in [7, 11) is 0. The highest BCUT2D eigenvalue weighted by atomic mass is 79.9. The number of hydrogen-bond donors (Lipinski definition) is 0. The first-order chi connectivity index (χ1) is 15.8. The Morgan fingerprint density at radius 1 is 1.03 bits per heavy atom. The van der Waals surface area contributed by atoms with E-state index in [-0.39, 0.29) is 16.7 Å². The highest BCUT2D eigenvalue weighted by Crippen LogP contribution is 2.36. The van der Waals surface area contributed by atoms with E-state index in [1.165, 1.54) is 4.90 Å². The van der Waals surface area contributed by atoms with Crippen LogP contribution in [0.15, 0.2) is 80.6 Å². The summed E-state index contributed by atoms with van der Waals surface area (Å²) in [6.07, 6.45) is 1.58. The van der Waals surface area contributed by atoms with Gasteiger partial charge in [-0.1, -0.05) is 67.8 Å². The minimum absolute atomic E-state index is 0.164. The third-order valence-electron chi connectivity index (χ3n) is 4.91. The van der Waals surface area contributed by atoms with Crippen LogP contribution in [0.3, 0.4) is 0 Å². The average Bonchev–Trinajstić information content (AvgIpc) is 3.05. The molecule has 0 spiro atoms. The van der Waals surface area contributed by atoms with Gasteiger partial charge in [-0.05, 0) is 66.7 Å². The van der Waals surface area contributed by atoms with Gasteiger partial charge in [0.25, 0.3) is 11.1 Å². The van der Waals surface area contributed by atoms with Crippen molar-refractivity contribution in [1.29, 1.82) is 0 Å². The molecule has 3 aromatic rings. The lowest BCUT2D eigenvalue weighted by atomic mass is 10.1. The number of benzene rings is 3. The number of imide groups is 1. The maximum absolute atomic E-state index is 13.0. The first kappa shape index (κ1) is 23.5. The summed E-state index contributed by atoms with van der Waals surface area (Å²) in [5.74, 6) is -0.605. The van der Waals surface area contributed by atoms with E-state index in [0.29, 0.717) is 16.9 Å². The second-order valence-electron chi connectivity index (χ2n) is 7.30. The second kappa shape index (κ2) is 10.1. The lowest BCUT2D eigenvalue weighted by Gasteiger charge is -2.13. The van der Waals surface area contributed by atoms with Crippen molar-refractivity contribution < 1.29 is 19.1 Å². The zero-order valence-electron chi connectivity index (χ0n) is 17.4. The van der Waals surface area contributed by atoms with E-state index >= 15 is 0 Å². The molecule has 2 amide bonds. The van der Waals surface area contributed by atoms with Crippen molar-refractivity contribution in [2.24, 2.45) is 0 Å². The summed E-state index contributed by atoms with van der Waals surface area (Å²) < 4.78 is 7.18. The standard InChI is InChI=1S/C25H17Br2NO4S/c1-15-6-8-16(9-7-15)24(30)32-21-11-10-19(26)12-18(21)13-22-23(29)28(25(31)33-22)14-17-4-2-3-5-20(17)27/h2-13H,14H2,1H3/b22-13-. The molecule has 4 rings (SSSR count). The zero-order valence-corrected chi connectivity index (χ0v) is 21.4. The van der Waals surface area contributed by atoms with Crippen molar-refractivity contribution in [1.82, 2.24) is 4.90 Å². The normalized spacial score (nSPS) is 14.8. The van der Waals surface area contributed by atoms with E-state index in [1.54, 1.807) is 36.4 Å².